The smallest absolute Gasteiger partial charge is 0.0556 e. The van der Waals surface area contributed by atoms with Gasteiger partial charge in [0.2, 0.25) is 0 Å². The van der Waals surface area contributed by atoms with Crippen LogP contribution in [0.2, 0.25) is 0 Å². The summed E-state index contributed by atoms with van der Waals surface area (Å²) >= 11 is 0. The van der Waals surface area contributed by atoms with Gasteiger partial charge in [-0.15, -0.1) is 0 Å². The molecule has 15 heavy (non-hydrogen) atoms. The first-order valence-corrected chi connectivity index (χ1v) is 5.76. The van der Waals surface area contributed by atoms with Crippen molar-refractivity contribution in [3.05, 3.63) is 36.9 Å². The summed E-state index contributed by atoms with van der Waals surface area (Å²) in [6, 6.07) is 8.87. The van der Waals surface area contributed by atoms with E-state index in [1.165, 1.54) is 11.3 Å². The molecule has 1 aromatic rings. The minimum atomic E-state index is 1.06. The molecule has 0 saturated heterocycles. The molecule has 0 unspecified atom stereocenters. The number of nitrogens with two attached hydrogens (primary N) is 1. The van der Waals surface area contributed by atoms with Crippen molar-refractivity contribution in [3.63, 3.8) is 0 Å². The van der Waals surface area contributed by atoms with Crippen molar-refractivity contribution < 1.29 is 5.32 Å². The topological polar surface area (TPSA) is 19.9 Å². The van der Waals surface area contributed by atoms with Crippen molar-refractivity contribution in [3.8, 4) is 0 Å². The van der Waals surface area contributed by atoms with E-state index in [1.807, 2.05) is 5.32 Å². The van der Waals surface area contributed by atoms with Crippen LogP contribution in [0.1, 0.15) is 19.4 Å². The first-order chi connectivity index (χ1) is 7.31. The lowest BCUT2D eigenvalue weighted by atomic mass is 10.1. The second-order valence-electron chi connectivity index (χ2n) is 3.67. The van der Waals surface area contributed by atoms with Gasteiger partial charge >= 0.3 is 0 Å². The number of rotatable bonds is 6. The number of benzene rings is 1. The number of nitrogens with zero attached hydrogens (tertiary/aromatic N) is 1. The molecule has 2 N–H and O–H groups in total. The molecular weight excluding hydrogens is 184 g/mol. The van der Waals surface area contributed by atoms with Crippen LogP contribution in [0.25, 0.3) is 0 Å². The fraction of sp³-hybridized carbons (Fsp3) is 0.462. The van der Waals surface area contributed by atoms with Gasteiger partial charge in [-0.25, -0.2) is 0 Å². The minimum Gasteiger partial charge on any atom is -0.479 e. The third-order valence-electron chi connectivity index (χ3n) is 2.70. The van der Waals surface area contributed by atoms with Gasteiger partial charge in [0, 0.05) is 25.2 Å². The highest BCUT2D eigenvalue weighted by Crippen LogP contribution is 2.14. The lowest BCUT2D eigenvalue weighted by Crippen LogP contribution is -2.77. The van der Waals surface area contributed by atoms with Crippen molar-refractivity contribution in [1.29, 1.82) is 0 Å². The van der Waals surface area contributed by atoms with Gasteiger partial charge in [0.15, 0.2) is 0 Å². The third-order valence-corrected chi connectivity index (χ3v) is 2.70. The van der Waals surface area contributed by atoms with Gasteiger partial charge in [0.05, 0.1) is 6.54 Å². The highest BCUT2D eigenvalue weighted by Gasteiger charge is 2.00. The maximum atomic E-state index is 3.74. The van der Waals surface area contributed by atoms with Crippen LogP contribution in [0, 0.1) is 7.05 Å². The summed E-state index contributed by atoms with van der Waals surface area (Å²) in [4.78, 5) is 2.36. The molecule has 0 aliphatic rings. The second-order valence-corrected chi connectivity index (χ2v) is 3.67. The SMILES string of the molecule is [CH2-][NH2+]CCc1ccc(N(CC)CC)cc1. The summed E-state index contributed by atoms with van der Waals surface area (Å²) < 4.78 is 0. The number of hydrogen-bond acceptors (Lipinski definition) is 1. The Kier molecular flexibility index (Phi) is 5.19. The molecular formula is C13H22N2. The third kappa shape index (κ3) is 3.56. The van der Waals surface area contributed by atoms with Gasteiger partial charge in [0.25, 0.3) is 0 Å². The molecule has 0 bridgehead atoms. The van der Waals surface area contributed by atoms with Crippen molar-refractivity contribution in [2.75, 3.05) is 24.5 Å². The Hall–Kier alpha value is -1.02. The maximum Gasteiger partial charge on any atom is 0.0556 e. The quantitative estimate of drug-likeness (QED) is 0.698. The molecule has 2 heteroatoms. The van der Waals surface area contributed by atoms with Crippen LogP contribution in [0.15, 0.2) is 24.3 Å². The van der Waals surface area contributed by atoms with E-state index in [9.17, 15) is 0 Å². The molecule has 0 fully saturated rings. The highest BCUT2D eigenvalue weighted by molar-refractivity contribution is 5.47. The predicted octanol–water partition coefficient (Wildman–Crippen LogP) is 1.43. The standard InChI is InChI=1S/C13H22N2/c1-4-15(5-2)13-8-6-12(7-9-13)10-11-14-3/h6-9H,3-5,10-11,14H2,1-2H3. The lowest BCUT2D eigenvalue weighted by molar-refractivity contribution is -0.594. The van der Waals surface area contributed by atoms with Gasteiger partial charge in [-0.3, -0.25) is 0 Å². The molecule has 0 spiro atoms. The first-order valence-electron chi connectivity index (χ1n) is 5.76. The van der Waals surface area contributed by atoms with Gasteiger partial charge < -0.3 is 10.2 Å². The summed E-state index contributed by atoms with van der Waals surface area (Å²) in [6.07, 6.45) is 1.10. The van der Waals surface area contributed by atoms with Gasteiger partial charge in [-0.05, 0) is 31.5 Å². The van der Waals surface area contributed by atoms with Crippen molar-refractivity contribution in [2.45, 2.75) is 20.3 Å². The Labute approximate surface area is 93.3 Å². The molecule has 0 aromatic heterocycles. The molecule has 1 aromatic carbocycles. The monoisotopic (exact) mass is 206 g/mol. The van der Waals surface area contributed by atoms with Crippen molar-refractivity contribution in [1.82, 2.24) is 0 Å². The van der Waals surface area contributed by atoms with Gasteiger partial charge in [-0.2, -0.15) is 7.05 Å². The fourth-order valence-corrected chi connectivity index (χ4v) is 1.73. The Morgan fingerprint density at radius 2 is 1.73 bits per heavy atom. The van der Waals surface area contributed by atoms with Crippen molar-refractivity contribution in [2.24, 2.45) is 0 Å². The Bertz CT molecular complexity index is 262. The predicted molar refractivity (Wildman–Crippen MR) is 65.9 cm³/mol. The zero-order valence-corrected chi connectivity index (χ0v) is 9.87. The van der Waals surface area contributed by atoms with Gasteiger partial charge in [0.1, 0.15) is 0 Å². The molecule has 0 radical (unpaired) electrons. The van der Waals surface area contributed by atoms with Crippen LogP contribution in [0.3, 0.4) is 0 Å². The molecule has 0 heterocycles. The van der Waals surface area contributed by atoms with Crippen LogP contribution in [-0.4, -0.2) is 19.6 Å². The van der Waals surface area contributed by atoms with Crippen LogP contribution >= 0.6 is 0 Å². The normalized spacial score (nSPS) is 10.3. The average molecular weight is 206 g/mol. The van der Waals surface area contributed by atoms with Crippen LogP contribution in [0.5, 0.6) is 0 Å². The molecule has 0 aliphatic carbocycles. The Morgan fingerprint density at radius 3 is 2.20 bits per heavy atom. The van der Waals surface area contributed by atoms with E-state index in [0.717, 1.165) is 26.1 Å². The van der Waals surface area contributed by atoms with Crippen molar-refractivity contribution >= 4 is 5.69 Å². The highest BCUT2D eigenvalue weighted by atomic mass is 15.1. The molecule has 0 saturated carbocycles. The summed E-state index contributed by atoms with van der Waals surface area (Å²) in [5.74, 6) is 0. The first kappa shape index (κ1) is 12.1. The zero-order chi connectivity index (χ0) is 11.1. The summed E-state index contributed by atoms with van der Waals surface area (Å²) in [5.41, 5.74) is 2.72. The fourth-order valence-electron chi connectivity index (χ4n) is 1.73. The molecule has 0 aliphatic heterocycles. The van der Waals surface area contributed by atoms with E-state index < -0.39 is 0 Å². The molecule has 1 rings (SSSR count). The zero-order valence-electron chi connectivity index (χ0n) is 9.87. The van der Waals surface area contributed by atoms with E-state index in [-0.39, 0.29) is 0 Å². The van der Waals surface area contributed by atoms with Crippen LogP contribution in [-0.2, 0) is 6.42 Å². The molecule has 0 atom stereocenters. The molecule has 84 valence electrons. The Balaban J connectivity index is 2.62. The number of quaternary nitrogens is 1. The summed E-state index contributed by atoms with van der Waals surface area (Å²) in [7, 11) is 3.74. The van der Waals surface area contributed by atoms with E-state index in [1.54, 1.807) is 0 Å². The number of hydrogen-bond donors (Lipinski definition) is 1. The molecule has 0 amide bonds. The number of anilines is 1. The van der Waals surface area contributed by atoms with E-state index >= 15 is 0 Å². The maximum absolute atomic E-state index is 3.74. The minimum absolute atomic E-state index is 1.06. The van der Waals surface area contributed by atoms with E-state index in [0.29, 0.717) is 0 Å². The summed E-state index contributed by atoms with van der Waals surface area (Å²) in [5, 5.41) is 1.97. The van der Waals surface area contributed by atoms with E-state index in [2.05, 4.69) is 50.1 Å². The van der Waals surface area contributed by atoms with Crippen LogP contribution in [0.4, 0.5) is 5.69 Å². The Morgan fingerprint density at radius 1 is 1.13 bits per heavy atom. The van der Waals surface area contributed by atoms with Gasteiger partial charge in [-0.1, -0.05) is 12.1 Å². The van der Waals surface area contributed by atoms with E-state index in [4.69, 9.17) is 0 Å². The summed E-state index contributed by atoms with van der Waals surface area (Å²) in [6.45, 7) is 7.58. The lowest BCUT2D eigenvalue weighted by Gasteiger charge is -2.21. The largest absolute Gasteiger partial charge is 0.479 e. The molecule has 2 nitrogen and oxygen atoms in total. The van der Waals surface area contributed by atoms with Crippen LogP contribution < -0.4 is 10.2 Å². The average Bonchev–Trinajstić information content (AvgIpc) is 2.29. The second kappa shape index (κ2) is 6.46.